The zero-order valence-electron chi connectivity index (χ0n) is 13.2. The second-order valence-electron chi connectivity index (χ2n) is 5.66. The predicted octanol–water partition coefficient (Wildman–Crippen LogP) is 2.25. The smallest absolute Gasteiger partial charge is 0.387 e. The number of benzene rings is 1. The summed E-state index contributed by atoms with van der Waals surface area (Å²) in [5, 5.41) is 16.0. The van der Waals surface area contributed by atoms with Gasteiger partial charge in [0, 0.05) is 13.0 Å². The van der Waals surface area contributed by atoms with Crippen LogP contribution >= 0.6 is 12.4 Å². The Morgan fingerprint density at radius 2 is 1.92 bits per heavy atom. The summed E-state index contributed by atoms with van der Waals surface area (Å²) in [6, 6.07) is 5.73. The first kappa shape index (κ1) is 20.6. The number of nitrogens with one attached hydrogen (secondary N) is 2. The van der Waals surface area contributed by atoms with Crippen molar-refractivity contribution in [1.29, 1.82) is 0 Å². The summed E-state index contributed by atoms with van der Waals surface area (Å²) in [6.45, 7) is -0.903. The lowest BCUT2D eigenvalue weighted by Gasteiger charge is -2.22. The van der Waals surface area contributed by atoms with Gasteiger partial charge in [0.2, 0.25) is 5.91 Å². The summed E-state index contributed by atoms with van der Waals surface area (Å²) >= 11 is 0. The minimum atomic E-state index is -2.87. The molecule has 0 aliphatic carbocycles. The molecule has 1 aromatic carbocycles. The monoisotopic (exact) mass is 364 g/mol. The molecule has 1 aromatic rings. The fourth-order valence-corrected chi connectivity index (χ4v) is 2.62. The molecule has 1 saturated heterocycles. The van der Waals surface area contributed by atoms with E-state index < -0.39 is 12.7 Å². The van der Waals surface area contributed by atoms with Gasteiger partial charge in [0.15, 0.2) is 0 Å². The molecule has 1 atom stereocenters. The Kier molecular flexibility index (Phi) is 8.95. The molecule has 8 heteroatoms. The highest BCUT2D eigenvalue weighted by Crippen LogP contribution is 2.19. The summed E-state index contributed by atoms with van der Waals surface area (Å²) in [4.78, 5) is 11.9. The largest absolute Gasteiger partial charge is 0.435 e. The van der Waals surface area contributed by atoms with Crippen LogP contribution in [-0.2, 0) is 4.79 Å². The maximum absolute atomic E-state index is 12.1. The number of ether oxygens (including phenoxy) is 1. The lowest BCUT2D eigenvalue weighted by molar-refractivity contribution is -0.122. The Balaban J connectivity index is 0.00000288. The quantitative estimate of drug-likeness (QED) is 0.694. The number of piperidine rings is 1. The number of amides is 1. The number of hydrogen-bond donors (Lipinski definition) is 3. The van der Waals surface area contributed by atoms with Crippen LogP contribution in [0.25, 0.3) is 0 Å². The molecule has 1 unspecified atom stereocenters. The topological polar surface area (TPSA) is 70.6 Å². The van der Waals surface area contributed by atoms with E-state index >= 15 is 0 Å². The summed E-state index contributed by atoms with van der Waals surface area (Å²) in [5.41, 5.74) is 0.536. The third kappa shape index (κ3) is 6.98. The standard InChI is InChI=1S/C16H22F2N2O3.ClH/c17-16(18)23-13-3-1-12(2-4-13)14(21)10-20-15(22)9-11-5-7-19-8-6-11;/h1-4,11,14,16,19,21H,5-10H2,(H,20,22);1H. The van der Waals surface area contributed by atoms with Crippen molar-refractivity contribution in [2.45, 2.75) is 32.0 Å². The van der Waals surface area contributed by atoms with Crippen molar-refractivity contribution in [2.24, 2.45) is 5.92 Å². The second kappa shape index (κ2) is 10.4. The first-order chi connectivity index (χ1) is 11.0. The molecular formula is C16H23ClF2N2O3. The van der Waals surface area contributed by atoms with Gasteiger partial charge in [0.25, 0.3) is 0 Å². The van der Waals surface area contributed by atoms with E-state index in [1.807, 2.05) is 0 Å². The van der Waals surface area contributed by atoms with Gasteiger partial charge >= 0.3 is 6.61 Å². The zero-order chi connectivity index (χ0) is 16.7. The highest BCUT2D eigenvalue weighted by atomic mass is 35.5. The molecule has 136 valence electrons. The Labute approximate surface area is 146 Å². The van der Waals surface area contributed by atoms with E-state index in [0.717, 1.165) is 25.9 Å². The molecule has 1 heterocycles. The molecule has 2 rings (SSSR count). The highest BCUT2D eigenvalue weighted by Gasteiger charge is 2.17. The molecule has 0 bridgehead atoms. The van der Waals surface area contributed by atoms with E-state index in [2.05, 4.69) is 15.4 Å². The maximum Gasteiger partial charge on any atom is 0.387 e. The van der Waals surface area contributed by atoms with Crippen LogP contribution in [0.5, 0.6) is 5.75 Å². The molecular weight excluding hydrogens is 342 g/mol. The van der Waals surface area contributed by atoms with E-state index in [1.165, 1.54) is 24.3 Å². The van der Waals surface area contributed by atoms with Gasteiger partial charge in [-0.2, -0.15) is 8.78 Å². The van der Waals surface area contributed by atoms with Crippen LogP contribution < -0.4 is 15.4 Å². The molecule has 0 aromatic heterocycles. The van der Waals surface area contributed by atoms with E-state index in [4.69, 9.17) is 0 Å². The number of rotatable bonds is 7. The van der Waals surface area contributed by atoms with Gasteiger partial charge in [0.05, 0.1) is 6.10 Å². The van der Waals surface area contributed by atoms with Gasteiger partial charge in [-0.05, 0) is 49.5 Å². The summed E-state index contributed by atoms with van der Waals surface area (Å²) in [6.07, 6.45) is 1.56. The Bertz CT molecular complexity index is 497. The van der Waals surface area contributed by atoms with Crippen molar-refractivity contribution in [3.8, 4) is 5.75 Å². The lowest BCUT2D eigenvalue weighted by atomic mass is 9.94. The molecule has 1 amide bonds. The molecule has 5 nitrogen and oxygen atoms in total. The second-order valence-corrected chi connectivity index (χ2v) is 5.66. The number of aliphatic hydroxyl groups excluding tert-OH is 1. The fourth-order valence-electron chi connectivity index (χ4n) is 2.62. The average molecular weight is 365 g/mol. The number of alkyl halides is 2. The van der Waals surface area contributed by atoms with Crippen molar-refractivity contribution in [1.82, 2.24) is 10.6 Å². The van der Waals surface area contributed by atoms with E-state index in [0.29, 0.717) is 17.9 Å². The number of hydrogen-bond acceptors (Lipinski definition) is 4. The maximum atomic E-state index is 12.1. The Morgan fingerprint density at radius 3 is 2.50 bits per heavy atom. The van der Waals surface area contributed by atoms with Gasteiger partial charge in [-0.3, -0.25) is 4.79 Å². The van der Waals surface area contributed by atoms with E-state index in [9.17, 15) is 18.7 Å². The molecule has 1 aliphatic heterocycles. The van der Waals surface area contributed by atoms with Crippen molar-refractivity contribution in [3.05, 3.63) is 29.8 Å². The number of aliphatic hydroxyl groups is 1. The first-order valence-electron chi connectivity index (χ1n) is 7.75. The van der Waals surface area contributed by atoms with Gasteiger partial charge in [0.1, 0.15) is 5.75 Å². The van der Waals surface area contributed by atoms with Gasteiger partial charge in [-0.1, -0.05) is 12.1 Å². The van der Waals surface area contributed by atoms with Gasteiger partial charge < -0.3 is 20.5 Å². The lowest BCUT2D eigenvalue weighted by Crippen LogP contribution is -2.33. The molecule has 1 aliphatic rings. The summed E-state index contributed by atoms with van der Waals surface area (Å²) in [5.74, 6) is 0.346. The third-order valence-corrected chi connectivity index (χ3v) is 3.92. The molecule has 3 N–H and O–H groups in total. The van der Waals surface area contributed by atoms with Crippen molar-refractivity contribution >= 4 is 18.3 Å². The Hall–Kier alpha value is -1.44. The first-order valence-corrected chi connectivity index (χ1v) is 7.75. The van der Waals surface area contributed by atoms with Crippen LogP contribution in [0, 0.1) is 5.92 Å². The van der Waals surface area contributed by atoms with Crippen molar-refractivity contribution in [2.75, 3.05) is 19.6 Å². The predicted molar refractivity (Wildman–Crippen MR) is 88.5 cm³/mol. The Morgan fingerprint density at radius 1 is 1.29 bits per heavy atom. The van der Waals surface area contributed by atoms with Crippen LogP contribution in [0.15, 0.2) is 24.3 Å². The fraction of sp³-hybridized carbons (Fsp3) is 0.562. The van der Waals surface area contributed by atoms with E-state index in [1.54, 1.807) is 0 Å². The minimum absolute atomic E-state index is 0. The summed E-state index contributed by atoms with van der Waals surface area (Å²) < 4.78 is 28.4. The minimum Gasteiger partial charge on any atom is -0.435 e. The van der Waals surface area contributed by atoms with Crippen LogP contribution in [0.1, 0.15) is 30.9 Å². The van der Waals surface area contributed by atoms with Gasteiger partial charge in [-0.25, -0.2) is 0 Å². The van der Waals surface area contributed by atoms with Crippen LogP contribution in [0.4, 0.5) is 8.78 Å². The average Bonchev–Trinajstić information content (AvgIpc) is 2.54. The van der Waals surface area contributed by atoms with Gasteiger partial charge in [-0.15, -0.1) is 12.4 Å². The molecule has 0 radical (unpaired) electrons. The van der Waals surface area contributed by atoms with Crippen LogP contribution in [0.2, 0.25) is 0 Å². The number of carbonyl (C=O) groups excluding carboxylic acids is 1. The normalized spacial score (nSPS) is 16.3. The van der Waals surface area contributed by atoms with Crippen molar-refractivity contribution < 1.29 is 23.4 Å². The molecule has 24 heavy (non-hydrogen) atoms. The number of halogens is 3. The molecule has 1 fully saturated rings. The highest BCUT2D eigenvalue weighted by molar-refractivity contribution is 5.85. The zero-order valence-corrected chi connectivity index (χ0v) is 14.0. The summed E-state index contributed by atoms with van der Waals surface area (Å²) in [7, 11) is 0. The number of carbonyl (C=O) groups is 1. The third-order valence-electron chi connectivity index (χ3n) is 3.92. The van der Waals surface area contributed by atoms with Crippen molar-refractivity contribution in [3.63, 3.8) is 0 Å². The SMILES string of the molecule is Cl.O=C(CC1CCNCC1)NCC(O)c1ccc(OC(F)F)cc1. The van der Waals surface area contributed by atoms with Crippen LogP contribution in [-0.4, -0.2) is 37.3 Å². The molecule has 0 saturated carbocycles. The van der Waals surface area contributed by atoms with E-state index in [-0.39, 0.29) is 30.6 Å². The van der Waals surface area contributed by atoms with Crippen LogP contribution in [0.3, 0.4) is 0 Å². The molecule has 0 spiro atoms.